The fourth-order valence-corrected chi connectivity index (χ4v) is 3.61. The topological polar surface area (TPSA) is 73.7 Å². The lowest BCUT2D eigenvalue weighted by Crippen LogP contribution is -2.41. The molecule has 7 nitrogen and oxygen atoms in total. The second-order valence-electron chi connectivity index (χ2n) is 7.15. The van der Waals surface area contributed by atoms with Gasteiger partial charge in [0.25, 0.3) is 5.91 Å². The summed E-state index contributed by atoms with van der Waals surface area (Å²) in [6.45, 7) is 5.58. The van der Waals surface area contributed by atoms with E-state index in [1.807, 2.05) is 46.0 Å². The Balaban J connectivity index is 1.58. The highest BCUT2D eigenvalue weighted by Gasteiger charge is 2.27. The Morgan fingerprint density at radius 3 is 2.52 bits per heavy atom. The van der Waals surface area contributed by atoms with Gasteiger partial charge in [-0.15, -0.1) is 0 Å². The molecule has 1 aromatic carbocycles. The first-order valence-electron chi connectivity index (χ1n) is 10.3. The maximum absolute atomic E-state index is 12.5. The summed E-state index contributed by atoms with van der Waals surface area (Å²) in [7, 11) is 0. The van der Waals surface area contributed by atoms with Gasteiger partial charge < -0.3 is 14.4 Å². The van der Waals surface area contributed by atoms with Crippen molar-refractivity contribution < 1.29 is 19.1 Å². The van der Waals surface area contributed by atoms with Crippen molar-refractivity contribution in [1.82, 2.24) is 14.7 Å². The number of nitrogens with zero attached hydrogens (tertiary/aromatic N) is 3. The molecule has 0 N–H and O–H groups in total. The minimum Gasteiger partial charge on any atom is -0.484 e. The van der Waals surface area contributed by atoms with Gasteiger partial charge >= 0.3 is 5.97 Å². The Bertz CT molecular complexity index is 811. The zero-order chi connectivity index (χ0) is 20.6. The Labute approximate surface area is 171 Å². The molecule has 1 aromatic heterocycles. The smallest absolute Gasteiger partial charge is 0.358 e. The van der Waals surface area contributed by atoms with Gasteiger partial charge in [0.15, 0.2) is 12.3 Å². The van der Waals surface area contributed by atoms with Gasteiger partial charge in [0.2, 0.25) is 0 Å². The summed E-state index contributed by atoms with van der Waals surface area (Å²) in [6, 6.07) is 11.4. The van der Waals surface area contributed by atoms with Gasteiger partial charge in [-0.1, -0.05) is 31.5 Å². The van der Waals surface area contributed by atoms with Crippen molar-refractivity contribution in [2.75, 3.05) is 26.3 Å². The Morgan fingerprint density at radius 2 is 1.86 bits per heavy atom. The van der Waals surface area contributed by atoms with Crippen molar-refractivity contribution in [2.24, 2.45) is 0 Å². The number of likely N-dealkylation sites (tertiary alicyclic amines) is 1. The highest BCUT2D eigenvalue weighted by atomic mass is 16.5. The first kappa shape index (κ1) is 20.9. The molecule has 0 spiro atoms. The number of amides is 1. The molecule has 156 valence electrons. The lowest BCUT2D eigenvalue weighted by atomic mass is 10.0. The molecule has 1 aliphatic heterocycles. The largest absolute Gasteiger partial charge is 0.484 e. The van der Waals surface area contributed by atoms with Crippen molar-refractivity contribution in [2.45, 2.75) is 45.6 Å². The Kier molecular flexibility index (Phi) is 7.27. The van der Waals surface area contributed by atoms with Gasteiger partial charge in [-0.05, 0) is 44.4 Å². The fraction of sp³-hybridized carbons (Fsp3) is 0.500. The van der Waals surface area contributed by atoms with E-state index in [9.17, 15) is 9.59 Å². The van der Waals surface area contributed by atoms with Crippen LogP contribution in [0, 0.1) is 0 Å². The molecule has 0 unspecified atom stereocenters. The maximum Gasteiger partial charge on any atom is 0.358 e. The van der Waals surface area contributed by atoms with E-state index >= 15 is 0 Å². The van der Waals surface area contributed by atoms with Crippen LogP contribution in [0.1, 0.15) is 55.3 Å². The average molecular weight is 399 g/mol. The molecular formula is C22H29N3O4. The van der Waals surface area contributed by atoms with Crippen LogP contribution in [0.15, 0.2) is 36.4 Å². The number of aromatic nitrogens is 2. The molecule has 1 fully saturated rings. The SMILES string of the molecule is CCCc1cc(C(=O)OCC)nn1C1CCN(C(=O)COc2ccccc2)CC1. The summed E-state index contributed by atoms with van der Waals surface area (Å²) in [5.41, 5.74) is 1.41. The standard InChI is InChI=1S/C22H29N3O4/c1-3-8-18-15-20(22(27)28-4-2)23-25(18)17-11-13-24(14-12-17)21(26)16-29-19-9-6-5-7-10-19/h5-7,9-10,15,17H,3-4,8,11-14,16H2,1-2H3. The molecule has 7 heteroatoms. The number of hydrogen-bond donors (Lipinski definition) is 0. The molecule has 1 aliphatic rings. The van der Waals surface area contributed by atoms with Crippen molar-refractivity contribution in [3.63, 3.8) is 0 Å². The zero-order valence-corrected chi connectivity index (χ0v) is 17.2. The average Bonchev–Trinajstić information content (AvgIpc) is 3.17. The lowest BCUT2D eigenvalue weighted by Gasteiger charge is -2.32. The molecule has 0 radical (unpaired) electrons. The number of rotatable bonds is 8. The summed E-state index contributed by atoms with van der Waals surface area (Å²) in [6.07, 6.45) is 3.44. The van der Waals surface area contributed by atoms with Crippen molar-refractivity contribution in [1.29, 1.82) is 0 Å². The van der Waals surface area contributed by atoms with Crippen molar-refractivity contribution >= 4 is 11.9 Å². The summed E-state index contributed by atoms with van der Waals surface area (Å²) >= 11 is 0. The summed E-state index contributed by atoms with van der Waals surface area (Å²) in [5, 5.41) is 4.53. The third-order valence-electron chi connectivity index (χ3n) is 5.07. The molecule has 0 bridgehead atoms. The molecule has 2 aromatic rings. The number of aryl methyl sites for hydroxylation is 1. The van der Waals surface area contributed by atoms with Gasteiger partial charge in [0.1, 0.15) is 5.75 Å². The molecule has 0 atom stereocenters. The van der Waals surface area contributed by atoms with Crippen LogP contribution < -0.4 is 4.74 Å². The second-order valence-corrected chi connectivity index (χ2v) is 7.15. The van der Waals surface area contributed by atoms with Crippen LogP contribution in [-0.2, 0) is 16.0 Å². The fourth-order valence-electron chi connectivity index (χ4n) is 3.61. The van der Waals surface area contributed by atoms with E-state index in [-0.39, 0.29) is 24.5 Å². The normalized spacial score (nSPS) is 14.6. The number of piperidine rings is 1. The van der Waals surface area contributed by atoms with E-state index in [0.29, 0.717) is 31.1 Å². The maximum atomic E-state index is 12.5. The Morgan fingerprint density at radius 1 is 1.14 bits per heavy atom. The van der Waals surface area contributed by atoms with E-state index < -0.39 is 0 Å². The molecular weight excluding hydrogens is 370 g/mol. The van der Waals surface area contributed by atoms with Crippen LogP contribution in [0.5, 0.6) is 5.75 Å². The number of para-hydroxylation sites is 1. The predicted octanol–water partition coefficient (Wildman–Crippen LogP) is 3.25. The van der Waals surface area contributed by atoms with Gasteiger partial charge in [-0.3, -0.25) is 9.48 Å². The van der Waals surface area contributed by atoms with Crippen LogP contribution in [0.25, 0.3) is 0 Å². The molecule has 1 amide bonds. The number of carbonyl (C=O) groups excluding carboxylic acids is 2. The molecule has 0 saturated carbocycles. The molecule has 29 heavy (non-hydrogen) atoms. The van der Waals surface area contributed by atoms with E-state index in [1.165, 1.54) is 0 Å². The highest BCUT2D eigenvalue weighted by molar-refractivity contribution is 5.87. The minimum absolute atomic E-state index is 0.00578. The highest BCUT2D eigenvalue weighted by Crippen LogP contribution is 2.25. The quantitative estimate of drug-likeness (QED) is 0.637. The number of esters is 1. The van der Waals surface area contributed by atoms with Gasteiger partial charge in [-0.2, -0.15) is 5.10 Å². The van der Waals surface area contributed by atoms with Crippen LogP contribution in [0.3, 0.4) is 0 Å². The van der Waals surface area contributed by atoms with E-state index in [0.717, 1.165) is 31.4 Å². The third kappa shape index (κ3) is 5.37. The lowest BCUT2D eigenvalue weighted by molar-refractivity contribution is -0.134. The molecule has 2 heterocycles. The van der Waals surface area contributed by atoms with E-state index in [1.54, 1.807) is 6.92 Å². The van der Waals surface area contributed by atoms with Crippen LogP contribution in [0.2, 0.25) is 0 Å². The first-order chi connectivity index (χ1) is 14.1. The van der Waals surface area contributed by atoms with Gasteiger partial charge in [0, 0.05) is 18.8 Å². The van der Waals surface area contributed by atoms with E-state index in [4.69, 9.17) is 9.47 Å². The van der Waals surface area contributed by atoms with Gasteiger partial charge in [-0.25, -0.2) is 4.79 Å². The Hall–Kier alpha value is -2.83. The van der Waals surface area contributed by atoms with E-state index in [2.05, 4.69) is 12.0 Å². The summed E-state index contributed by atoms with van der Waals surface area (Å²) < 4.78 is 12.6. The number of ether oxygens (including phenoxy) is 2. The number of hydrogen-bond acceptors (Lipinski definition) is 5. The van der Waals surface area contributed by atoms with Crippen LogP contribution in [-0.4, -0.2) is 52.9 Å². The molecule has 1 saturated heterocycles. The van der Waals surface area contributed by atoms with Gasteiger partial charge in [0.05, 0.1) is 12.6 Å². The molecule has 0 aliphatic carbocycles. The molecule has 3 rings (SSSR count). The summed E-state index contributed by atoms with van der Waals surface area (Å²) in [5.74, 6) is 0.311. The van der Waals surface area contributed by atoms with Crippen molar-refractivity contribution in [3.8, 4) is 5.75 Å². The third-order valence-corrected chi connectivity index (χ3v) is 5.07. The zero-order valence-electron chi connectivity index (χ0n) is 17.2. The monoisotopic (exact) mass is 399 g/mol. The first-order valence-corrected chi connectivity index (χ1v) is 10.3. The number of carbonyl (C=O) groups is 2. The summed E-state index contributed by atoms with van der Waals surface area (Å²) in [4.78, 5) is 26.4. The second kappa shape index (κ2) is 10.1. The number of benzene rings is 1. The minimum atomic E-state index is -0.380. The van der Waals surface area contributed by atoms with Crippen molar-refractivity contribution in [3.05, 3.63) is 47.8 Å². The van der Waals surface area contributed by atoms with Crippen LogP contribution in [0.4, 0.5) is 0 Å². The predicted molar refractivity (Wildman–Crippen MR) is 109 cm³/mol. The van der Waals surface area contributed by atoms with Crippen LogP contribution >= 0.6 is 0 Å².